The fourth-order valence-corrected chi connectivity index (χ4v) is 3.09. The maximum absolute atomic E-state index is 13.4. The first-order valence-electron chi connectivity index (χ1n) is 9.91. The lowest BCUT2D eigenvalue weighted by Crippen LogP contribution is -2.21. The number of hydrogen-bond acceptors (Lipinski definition) is 5. The highest BCUT2D eigenvalue weighted by Gasteiger charge is 2.21. The van der Waals surface area contributed by atoms with E-state index in [1.165, 1.54) is 35.1 Å². The molecule has 0 radical (unpaired) electrons. The smallest absolute Gasteiger partial charge is 0.342 e. The minimum absolute atomic E-state index is 0.136. The number of hydrogen-bond donors (Lipinski definition) is 1. The minimum Gasteiger partial charge on any atom is -0.452 e. The quantitative estimate of drug-likeness (QED) is 0.450. The maximum atomic E-state index is 13.4. The summed E-state index contributed by atoms with van der Waals surface area (Å²) in [7, 11) is 0. The van der Waals surface area contributed by atoms with Crippen LogP contribution in [-0.2, 0) is 9.53 Å². The molecule has 0 aliphatic rings. The van der Waals surface area contributed by atoms with Crippen molar-refractivity contribution in [1.29, 1.82) is 5.26 Å². The van der Waals surface area contributed by atoms with E-state index in [0.717, 1.165) is 5.69 Å². The molecule has 0 saturated carbocycles. The number of amides is 1. The van der Waals surface area contributed by atoms with Crippen LogP contribution in [0.5, 0.6) is 0 Å². The van der Waals surface area contributed by atoms with Crippen molar-refractivity contribution >= 4 is 17.6 Å². The molecule has 0 saturated heterocycles. The Morgan fingerprint density at radius 2 is 1.70 bits per heavy atom. The van der Waals surface area contributed by atoms with E-state index in [1.807, 2.05) is 36.4 Å². The summed E-state index contributed by atoms with van der Waals surface area (Å²) in [4.78, 5) is 25.0. The number of benzene rings is 3. The standard InChI is InChI=1S/C25H17FN4O3/c26-19-10-8-18(9-11-19)24-22(15-30(29-24)21-4-2-1-3-5-21)25(32)33-16-23(31)28-20-12-6-17(14-27)7-13-20/h1-13,15H,16H2,(H,28,31). The van der Waals surface area contributed by atoms with Gasteiger partial charge in [0, 0.05) is 17.4 Å². The molecule has 0 aliphatic carbocycles. The zero-order valence-electron chi connectivity index (χ0n) is 17.2. The van der Waals surface area contributed by atoms with Gasteiger partial charge in [-0.15, -0.1) is 0 Å². The van der Waals surface area contributed by atoms with Crippen LogP contribution in [0, 0.1) is 17.1 Å². The summed E-state index contributed by atoms with van der Waals surface area (Å²) in [6.07, 6.45) is 1.51. The lowest BCUT2D eigenvalue weighted by atomic mass is 10.1. The first-order chi connectivity index (χ1) is 16.0. The van der Waals surface area contributed by atoms with Crippen LogP contribution in [0.15, 0.2) is 85.1 Å². The molecule has 4 aromatic rings. The maximum Gasteiger partial charge on any atom is 0.342 e. The second-order valence-electron chi connectivity index (χ2n) is 6.99. The molecule has 0 atom stereocenters. The van der Waals surface area contributed by atoms with Crippen LogP contribution < -0.4 is 5.32 Å². The van der Waals surface area contributed by atoms with Gasteiger partial charge in [0.1, 0.15) is 17.1 Å². The van der Waals surface area contributed by atoms with E-state index < -0.39 is 24.3 Å². The predicted molar refractivity (Wildman–Crippen MR) is 119 cm³/mol. The van der Waals surface area contributed by atoms with Crippen molar-refractivity contribution in [3.63, 3.8) is 0 Å². The van der Waals surface area contributed by atoms with E-state index in [1.54, 1.807) is 24.3 Å². The van der Waals surface area contributed by atoms with E-state index in [2.05, 4.69) is 10.4 Å². The molecule has 1 N–H and O–H groups in total. The fourth-order valence-electron chi connectivity index (χ4n) is 3.09. The molecule has 3 aromatic carbocycles. The number of anilines is 1. The summed E-state index contributed by atoms with van der Waals surface area (Å²) in [6.45, 7) is -0.516. The van der Waals surface area contributed by atoms with E-state index in [4.69, 9.17) is 10.00 Å². The first kappa shape index (κ1) is 21.5. The number of rotatable bonds is 6. The van der Waals surface area contributed by atoms with Gasteiger partial charge in [0.15, 0.2) is 6.61 Å². The highest BCUT2D eigenvalue weighted by Crippen LogP contribution is 2.25. The molecule has 1 heterocycles. The summed E-state index contributed by atoms with van der Waals surface area (Å²) in [5, 5.41) is 15.9. The molecule has 1 amide bonds. The molecule has 0 aliphatic heterocycles. The van der Waals surface area contributed by atoms with E-state index in [0.29, 0.717) is 22.5 Å². The molecule has 1 aromatic heterocycles. The zero-order chi connectivity index (χ0) is 23.2. The first-order valence-corrected chi connectivity index (χ1v) is 9.91. The number of ether oxygens (including phenoxy) is 1. The van der Waals surface area contributed by atoms with Gasteiger partial charge >= 0.3 is 5.97 Å². The van der Waals surface area contributed by atoms with Crippen molar-refractivity contribution in [2.75, 3.05) is 11.9 Å². The van der Waals surface area contributed by atoms with Crippen molar-refractivity contribution in [3.8, 4) is 23.0 Å². The van der Waals surface area contributed by atoms with Gasteiger partial charge in [-0.25, -0.2) is 13.9 Å². The predicted octanol–water partition coefficient (Wildman–Crippen LogP) is 4.35. The minimum atomic E-state index is -0.744. The molecule has 162 valence electrons. The molecular formula is C25H17FN4O3. The molecule has 8 heteroatoms. The molecule has 0 unspecified atom stereocenters. The SMILES string of the molecule is N#Cc1ccc(NC(=O)COC(=O)c2cn(-c3ccccc3)nc2-c2ccc(F)cc2)cc1. The van der Waals surface area contributed by atoms with Crippen LogP contribution in [0.25, 0.3) is 16.9 Å². The highest BCUT2D eigenvalue weighted by atomic mass is 19.1. The fraction of sp³-hybridized carbons (Fsp3) is 0.0400. The highest BCUT2D eigenvalue weighted by molar-refractivity contribution is 5.98. The molecule has 0 spiro atoms. The van der Waals surface area contributed by atoms with Gasteiger partial charge < -0.3 is 10.1 Å². The third-order valence-electron chi connectivity index (χ3n) is 4.70. The van der Waals surface area contributed by atoms with Gasteiger partial charge in [-0.1, -0.05) is 18.2 Å². The number of nitrogens with one attached hydrogen (secondary N) is 1. The van der Waals surface area contributed by atoms with Gasteiger partial charge in [-0.2, -0.15) is 10.4 Å². The van der Waals surface area contributed by atoms with Crippen LogP contribution in [0.1, 0.15) is 15.9 Å². The summed E-state index contributed by atoms with van der Waals surface area (Å²) < 4.78 is 20.1. The number of aromatic nitrogens is 2. The van der Waals surface area contributed by atoms with Crippen molar-refractivity contribution in [1.82, 2.24) is 9.78 Å². The summed E-state index contributed by atoms with van der Waals surface area (Å²) in [5.74, 6) is -1.69. The topological polar surface area (TPSA) is 97.0 Å². The number of carbonyl (C=O) groups is 2. The van der Waals surface area contributed by atoms with Gasteiger partial charge in [-0.3, -0.25) is 4.79 Å². The summed E-state index contributed by atoms with van der Waals surface area (Å²) in [5.41, 5.74) is 2.62. The number of nitriles is 1. The van der Waals surface area contributed by atoms with Gasteiger partial charge in [0.05, 0.1) is 17.3 Å². The second-order valence-corrected chi connectivity index (χ2v) is 6.99. The molecule has 7 nitrogen and oxygen atoms in total. The summed E-state index contributed by atoms with van der Waals surface area (Å²) in [6, 6.07) is 23.0. The Labute approximate surface area is 188 Å². The normalized spacial score (nSPS) is 10.3. The third kappa shape index (κ3) is 5.11. The summed E-state index contributed by atoms with van der Waals surface area (Å²) >= 11 is 0. The second kappa shape index (κ2) is 9.58. The number of halogens is 1. The van der Waals surface area contributed by atoms with Gasteiger partial charge in [0.2, 0.25) is 0 Å². The van der Waals surface area contributed by atoms with Gasteiger partial charge in [-0.05, 0) is 60.7 Å². The number of para-hydroxylation sites is 1. The van der Waals surface area contributed by atoms with E-state index >= 15 is 0 Å². The number of carbonyl (C=O) groups excluding carboxylic acids is 2. The van der Waals surface area contributed by atoms with Crippen molar-refractivity contribution in [2.24, 2.45) is 0 Å². The Balaban J connectivity index is 1.53. The third-order valence-corrected chi connectivity index (χ3v) is 4.70. The number of esters is 1. The van der Waals surface area contributed by atoms with Gasteiger partial charge in [0.25, 0.3) is 5.91 Å². The van der Waals surface area contributed by atoms with Crippen molar-refractivity contribution in [3.05, 3.63) is 102 Å². The Morgan fingerprint density at radius 3 is 2.36 bits per heavy atom. The van der Waals surface area contributed by atoms with Crippen LogP contribution in [0.3, 0.4) is 0 Å². The molecule has 0 bridgehead atoms. The molecule has 4 rings (SSSR count). The van der Waals surface area contributed by atoms with E-state index in [9.17, 15) is 14.0 Å². The van der Waals surface area contributed by atoms with Crippen molar-refractivity contribution < 1.29 is 18.7 Å². The lowest BCUT2D eigenvalue weighted by Gasteiger charge is -2.07. The lowest BCUT2D eigenvalue weighted by molar-refractivity contribution is -0.119. The average molecular weight is 440 g/mol. The Hall–Kier alpha value is -4.77. The number of nitrogens with zero attached hydrogens (tertiary/aromatic N) is 3. The Kier molecular flexibility index (Phi) is 6.23. The Morgan fingerprint density at radius 1 is 1.00 bits per heavy atom. The molecule has 0 fully saturated rings. The largest absolute Gasteiger partial charge is 0.452 e. The molecule has 33 heavy (non-hydrogen) atoms. The van der Waals surface area contributed by atoms with Crippen molar-refractivity contribution in [2.45, 2.75) is 0 Å². The molecular weight excluding hydrogens is 423 g/mol. The monoisotopic (exact) mass is 440 g/mol. The average Bonchev–Trinajstić information content (AvgIpc) is 3.30. The van der Waals surface area contributed by atoms with Crippen LogP contribution in [0.2, 0.25) is 0 Å². The van der Waals surface area contributed by atoms with Crippen LogP contribution in [-0.4, -0.2) is 28.3 Å². The zero-order valence-corrected chi connectivity index (χ0v) is 17.2. The Bertz CT molecular complexity index is 1330. The van der Waals surface area contributed by atoms with Crippen LogP contribution in [0.4, 0.5) is 10.1 Å². The van der Waals surface area contributed by atoms with E-state index in [-0.39, 0.29) is 5.56 Å². The van der Waals surface area contributed by atoms with Crippen LogP contribution >= 0.6 is 0 Å².